The van der Waals surface area contributed by atoms with Crippen molar-refractivity contribution in [3.8, 4) is 61.8 Å². The van der Waals surface area contributed by atoms with Gasteiger partial charge in [0.25, 0.3) is 0 Å². The van der Waals surface area contributed by atoms with E-state index < -0.39 is 0 Å². The Morgan fingerprint density at radius 2 is 0.735 bits per heavy atom. The smallest absolute Gasteiger partial charge is 0.160 e. The molecule has 0 amide bonds. The molecule has 0 spiro atoms. The van der Waals surface area contributed by atoms with E-state index in [2.05, 4.69) is 156 Å². The molecule has 0 atom stereocenters. The van der Waals surface area contributed by atoms with Gasteiger partial charge in [-0.1, -0.05) is 170 Å². The molecule has 9 aromatic rings. The standard InChI is InChI=1S/C46H31N3/c1-4-15-32(16-5-1)37-23-14-24-38(45(37)49-43-25-12-10-21-39(43)40-22-11-13-26-44(40)49)33-27-29-36(30-28-33)46-47-41(34-17-6-2-7-18-34)31-42(48-46)35-19-8-3-9-20-35/h1-31H. The zero-order valence-corrected chi connectivity index (χ0v) is 26.7. The quantitative estimate of drug-likeness (QED) is 0.184. The number of nitrogens with zero attached hydrogens (tertiary/aromatic N) is 3. The number of hydrogen-bond donors (Lipinski definition) is 0. The third kappa shape index (κ3) is 5.18. The number of hydrogen-bond acceptors (Lipinski definition) is 2. The summed E-state index contributed by atoms with van der Waals surface area (Å²) in [5.74, 6) is 0.701. The van der Waals surface area contributed by atoms with Crippen LogP contribution in [0.2, 0.25) is 0 Å². The van der Waals surface area contributed by atoms with Crippen LogP contribution in [-0.2, 0) is 0 Å². The third-order valence-corrected chi connectivity index (χ3v) is 9.24. The van der Waals surface area contributed by atoms with Crippen molar-refractivity contribution in [2.75, 3.05) is 0 Å². The number of rotatable bonds is 6. The highest BCUT2D eigenvalue weighted by atomic mass is 15.0. The van der Waals surface area contributed by atoms with Crippen molar-refractivity contribution in [2.24, 2.45) is 0 Å². The van der Waals surface area contributed by atoms with Gasteiger partial charge in [0.1, 0.15) is 0 Å². The van der Waals surface area contributed by atoms with E-state index in [1.807, 2.05) is 36.4 Å². The highest BCUT2D eigenvalue weighted by molar-refractivity contribution is 6.10. The monoisotopic (exact) mass is 625 g/mol. The molecule has 0 aliphatic rings. The van der Waals surface area contributed by atoms with Crippen LogP contribution in [0.25, 0.3) is 83.6 Å². The lowest BCUT2D eigenvalue weighted by Crippen LogP contribution is -2.00. The van der Waals surface area contributed by atoms with Crippen LogP contribution in [0.1, 0.15) is 0 Å². The maximum atomic E-state index is 5.07. The minimum absolute atomic E-state index is 0.701. The third-order valence-electron chi connectivity index (χ3n) is 9.24. The average Bonchev–Trinajstić information content (AvgIpc) is 3.52. The molecule has 0 aliphatic heterocycles. The summed E-state index contributed by atoms with van der Waals surface area (Å²) in [7, 11) is 0. The molecule has 230 valence electrons. The summed E-state index contributed by atoms with van der Waals surface area (Å²) in [6.07, 6.45) is 0. The summed E-state index contributed by atoms with van der Waals surface area (Å²) < 4.78 is 2.44. The van der Waals surface area contributed by atoms with E-state index in [1.54, 1.807) is 0 Å². The molecule has 3 nitrogen and oxygen atoms in total. The van der Waals surface area contributed by atoms with Gasteiger partial charge < -0.3 is 4.57 Å². The van der Waals surface area contributed by atoms with Crippen LogP contribution in [0.5, 0.6) is 0 Å². The number of benzene rings is 7. The van der Waals surface area contributed by atoms with Gasteiger partial charge in [0.05, 0.1) is 28.1 Å². The lowest BCUT2D eigenvalue weighted by molar-refractivity contribution is 1.18. The Hall–Kier alpha value is -6.58. The second kappa shape index (κ2) is 12.2. The predicted molar refractivity (Wildman–Crippen MR) is 204 cm³/mol. The fourth-order valence-corrected chi connectivity index (χ4v) is 6.92. The summed E-state index contributed by atoms with van der Waals surface area (Å²) in [5, 5.41) is 2.49. The van der Waals surface area contributed by atoms with E-state index in [0.717, 1.165) is 44.9 Å². The fourth-order valence-electron chi connectivity index (χ4n) is 6.92. The number of aromatic nitrogens is 3. The van der Waals surface area contributed by atoms with Crippen molar-refractivity contribution in [1.29, 1.82) is 0 Å². The highest BCUT2D eigenvalue weighted by Crippen LogP contribution is 2.41. The Labute approximate surface area is 285 Å². The molecule has 0 saturated heterocycles. The van der Waals surface area contributed by atoms with E-state index >= 15 is 0 Å². The molecule has 0 radical (unpaired) electrons. The van der Waals surface area contributed by atoms with Crippen molar-refractivity contribution in [1.82, 2.24) is 14.5 Å². The van der Waals surface area contributed by atoms with Crippen molar-refractivity contribution in [3.05, 3.63) is 188 Å². The largest absolute Gasteiger partial charge is 0.308 e. The van der Waals surface area contributed by atoms with Crippen LogP contribution >= 0.6 is 0 Å². The first kappa shape index (κ1) is 28.6. The van der Waals surface area contributed by atoms with E-state index in [9.17, 15) is 0 Å². The maximum absolute atomic E-state index is 5.07. The summed E-state index contributed by atoms with van der Waals surface area (Å²) >= 11 is 0. The second-order valence-electron chi connectivity index (χ2n) is 12.2. The molecule has 0 saturated carbocycles. The summed E-state index contributed by atoms with van der Waals surface area (Å²) in [4.78, 5) is 10.1. The van der Waals surface area contributed by atoms with Crippen LogP contribution in [0.4, 0.5) is 0 Å². The first-order chi connectivity index (χ1) is 24.3. The Kier molecular flexibility index (Phi) is 7.14. The summed E-state index contributed by atoms with van der Waals surface area (Å²) in [6.45, 7) is 0. The van der Waals surface area contributed by atoms with Gasteiger partial charge >= 0.3 is 0 Å². The van der Waals surface area contributed by atoms with Gasteiger partial charge in [-0.3, -0.25) is 0 Å². The molecule has 0 fully saturated rings. The summed E-state index contributed by atoms with van der Waals surface area (Å²) in [6, 6.07) is 66.2. The number of fused-ring (bicyclic) bond motifs is 3. The van der Waals surface area contributed by atoms with Crippen LogP contribution in [0.15, 0.2) is 188 Å². The van der Waals surface area contributed by atoms with Crippen LogP contribution in [-0.4, -0.2) is 14.5 Å². The van der Waals surface area contributed by atoms with E-state index in [1.165, 1.54) is 32.9 Å². The topological polar surface area (TPSA) is 30.7 Å². The molecular weight excluding hydrogens is 595 g/mol. The first-order valence-corrected chi connectivity index (χ1v) is 16.6. The molecule has 0 aliphatic carbocycles. The van der Waals surface area contributed by atoms with Crippen LogP contribution in [0, 0.1) is 0 Å². The Bertz CT molecular complexity index is 2460. The Morgan fingerprint density at radius 1 is 0.327 bits per heavy atom. The molecular formula is C46H31N3. The second-order valence-corrected chi connectivity index (χ2v) is 12.2. The zero-order chi connectivity index (χ0) is 32.6. The van der Waals surface area contributed by atoms with Gasteiger partial charge in [-0.25, -0.2) is 9.97 Å². The van der Waals surface area contributed by atoms with Crippen molar-refractivity contribution >= 4 is 21.8 Å². The lowest BCUT2D eigenvalue weighted by atomic mass is 9.95. The van der Waals surface area contributed by atoms with E-state index in [-0.39, 0.29) is 0 Å². The lowest BCUT2D eigenvalue weighted by Gasteiger charge is -2.19. The van der Waals surface area contributed by atoms with Crippen molar-refractivity contribution in [3.63, 3.8) is 0 Å². The SMILES string of the molecule is c1ccc(-c2cc(-c3ccccc3)nc(-c3ccc(-c4cccc(-c5ccccc5)c4-n4c5ccccc5c5ccccc54)cc3)n2)cc1. The molecule has 0 N–H and O–H groups in total. The maximum Gasteiger partial charge on any atom is 0.160 e. The van der Waals surface area contributed by atoms with Crippen molar-refractivity contribution in [2.45, 2.75) is 0 Å². The molecule has 2 aromatic heterocycles. The minimum atomic E-state index is 0.701. The molecule has 49 heavy (non-hydrogen) atoms. The van der Waals surface area contributed by atoms with Gasteiger partial charge in [-0.05, 0) is 29.3 Å². The molecule has 7 aromatic carbocycles. The van der Waals surface area contributed by atoms with E-state index in [0.29, 0.717) is 5.82 Å². The molecule has 0 bridgehead atoms. The average molecular weight is 626 g/mol. The Morgan fingerprint density at radius 3 is 1.24 bits per heavy atom. The van der Waals surface area contributed by atoms with Gasteiger partial charge in [0, 0.05) is 38.6 Å². The van der Waals surface area contributed by atoms with E-state index in [4.69, 9.17) is 9.97 Å². The minimum Gasteiger partial charge on any atom is -0.308 e. The summed E-state index contributed by atoms with van der Waals surface area (Å²) in [5.41, 5.74) is 13.1. The predicted octanol–water partition coefficient (Wildman–Crippen LogP) is 11.9. The molecule has 2 heterocycles. The van der Waals surface area contributed by atoms with Crippen LogP contribution in [0.3, 0.4) is 0 Å². The highest BCUT2D eigenvalue weighted by Gasteiger charge is 2.20. The molecule has 3 heteroatoms. The Balaban J connectivity index is 1.23. The van der Waals surface area contributed by atoms with Gasteiger partial charge in [-0.2, -0.15) is 0 Å². The first-order valence-electron chi connectivity index (χ1n) is 16.6. The van der Waals surface area contributed by atoms with Crippen molar-refractivity contribution < 1.29 is 0 Å². The van der Waals surface area contributed by atoms with Gasteiger partial charge in [0.15, 0.2) is 5.82 Å². The normalized spacial score (nSPS) is 11.3. The van der Waals surface area contributed by atoms with Gasteiger partial charge in [0.2, 0.25) is 0 Å². The zero-order valence-electron chi connectivity index (χ0n) is 26.7. The molecule has 9 rings (SSSR count). The van der Waals surface area contributed by atoms with Gasteiger partial charge in [-0.15, -0.1) is 0 Å². The number of para-hydroxylation sites is 3. The van der Waals surface area contributed by atoms with Crippen LogP contribution < -0.4 is 0 Å². The molecule has 0 unspecified atom stereocenters. The fraction of sp³-hybridized carbons (Fsp3) is 0.